The molecule has 0 unspecified atom stereocenters. The Balaban J connectivity index is 1.70. The molecule has 194 valence electrons. The molecule has 1 saturated heterocycles. The second-order valence-electron chi connectivity index (χ2n) is 9.28. The van der Waals surface area contributed by atoms with Crippen molar-refractivity contribution in [1.29, 1.82) is 0 Å². The van der Waals surface area contributed by atoms with Gasteiger partial charge in [0.15, 0.2) is 0 Å². The Bertz CT molecular complexity index is 1600. The van der Waals surface area contributed by atoms with Gasteiger partial charge in [0.2, 0.25) is 5.91 Å². The van der Waals surface area contributed by atoms with E-state index in [2.05, 4.69) is 10.2 Å². The zero-order valence-corrected chi connectivity index (χ0v) is 21.8. The highest BCUT2D eigenvalue weighted by Gasteiger charge is 2.37. The Morgan fingerprint density at radius 2 is 1.92 bits per heavy atom. The third kappa shape index (κ3) is 4.14. The number of fused-ring (bicyclic) bond motifs is 1. The predicted octanol–water partition coefficient (Wildman–Crippen LogP) is 2.69. The van der Waals surface area contributed by atoms with Crippen LogP contribution < -0.4 is 16.0 Å². The number of likely N-dealkylation sites (tertiary alicyclic amines) is 1. The Morgan fingerprint density at radius 1 is 1.19 bits per heavy atom. The van der Waals surface area contributed by atoms with Gasteiger partial charge in [-0.3, -0.25) is 14.2 Å². The minimum absolute atomic E-state index is 0.0417. The predicted molar refractivity (Wildman–Crippen MR) is 137 cm³/mol. The van der Waals surface area contributed by atoms with Gasteiger partial charge >= 0.3 is 5.69 Å². The minimum atomic E-state index is -0.882. The number of carbonyl (C=O) groups is 1. The SMILES string of the molecule is COc1ccc(F)cc1CCn1c(=O)n([C@H]2CCN(C(C)C)C2=O)c(=O)c2c(C)c(-n3nccn3)sc21. The average Bonchev–Trinajstić information content (AvgIpc) is 3.59. The molecule has 4 heterocycles. The highest BCUT2D eigenvalue weighted by atomic mass is 32.1. The van der Waals surface area contributed by atoms with Crippen molar-refractivity contribution in [3.05, 3.63) is 68.4 Å². The first-order chi connectivity index (χ1) is 17.7. The van der Waals surface area contributed by atoms with Crippen LogP contribution in [0.25, 0.3) is 15.2 Å². The maximum atomic E-state index is 14.0. The van der Waals surface area contributed by atoms with Gasteiger partial charge < -0.3 is 9.64 Å². The summed E-state index contributed by atoms with van der Waals surface area (Å²) in [5, 5.41) is 9.34. The van der Waals surface area contributed by atoms with Crippen molar-refractivity contribution >= 4 is 27.5 Å². The monoisotopic (exact) mass is 526 g/mol. The molecule has 1 atom stereocenters. The van der Waals surface area contributed by atoms with E-state index in [9.17, 15) is 18.8 Å². The number of thiophene rings is 1. The summed E-state index contributed by atoms with van der Waals surface area (Å²) in [6.07, 6.45) is 3.70. The van der Waals surface area contributed by atoms with Gasteiger partial charge in [0.25, 0.3) is 5.56 Å². The molecule has 0 radical (unpaired) electrons. The van der Waals surface area contributed by atoms with Crippen LogP contribution in [0.3, 0.4) is 0 Å². The third-order valence-corrected chi connectivity index (χ3v) is 8.09. The molecular weight excluding hydrogens is 499 g/mol. The smallest absolute Gasteiger partial charge is 0.332 e. The molecule has 0 saturated carbocycles. The highest BCUT2D eigenvalue weighted by Crippen LogP contribution is 2.32. The van der Waals surface area contributed by atoms with E-state index in [-0.39, 0.29) is 24.9 Å². The van der Waals surface area contributed by atoms with Crippen molar-refractivity contribution in [2.75, 3.05) is 13.7 Å². The largest absolute Gasteiger partial charge is 0.496 e. The Labute approximate surface area is 215 Å². The van der Waals surface area contributed by atoms with Crippen LogP contribution in [0, 0.1) is 12.7 Å². The van der Waals surface area contributed by atoms with E-state index in [4.69, 9.17) is 4.74 Å². The molecule has 5 rings (SSSR count). The van der Waals surface area contributed by atoms with Crippen LogP contribution >= 0.6 is 11.3 Å². The molecular formula is C25H27FN6O4S. The number of carbonyl (C=O) groups excluding carboxylic acids is 1. The number of hydrogen-bond acceptors (Lipinski definition) is 7. The van der Waals surface area contributed by atoms with E-state index in [0.717, 1.165) is 4.57 Å². The first-order valence-corrected chi connectivity index (χ1v) is 12.8. The molecule has 1 amide bonds. The van der Waals surface area contributed by atoms with Crippen LogP contribution in [0.2, 0.25) is 0 Å². The van der Waals surface area contributed by atoms with Crippen LogP contribution in [0.15, 0.2) is 40.2 Å². The first kappa shape index (κ1) is 24.9. The molecule has 0 aliphatic carbocycles. The van der Waals surface area contributed by atoms with Gasteiger partial charge in [-0.15, -0.1) is 4.80 Å². The summed E-state index contributed by atoms with van der Waals surface area (Å²) in [4.78, 5) is 44.4. The lowest BCUT2D eigenvalue weighted by molar-refractivity contribution is -0.131. The maximum Gasteiger partial charge on any atom is 0.332 e. The van der Waals surface area contributed by atoms with E-state index in [0.29, 0.717) is 45.1 Å². The zero-order valence-electron chi connectivity index (χ0n) is 21.0. The fourth-order valence-corrected chi connectivity index (χ4v) is 6.19. The highest BCUT2D eigenvalue weighted by molar-refractivity contribution is 7.21. The van der Waals surface area contributed by atoms with E-state index in [1.54, 1.807) is 17.9 Å². The van der Waals surface area contributed by atoms with E-state index >= 15 is 0 Å². The van der Waals surface area contributed by atoms with Crippen LogP contribution in [0.4, 0.5) is 4.39 Å². The molecule has 4 aromatic rings. The fraction of sp³-hybridized carbons (Fsp3) is 0.400. The summed E-state index contributed by atoms with van der Waals surface area (Å²) in [7, 11) is 1.50. The van der Waals surface area contributed by atoms with E-state index in [1.807, 2.05) is 13.8 Å². The minimum Gasteiger partial charge on any atom is -0.496 e. The van der Waals surface area contributed by atoms with Crippen molar-refractivity contribution in [2.24, 2.45) is 0 Å². The van der Waals surface area contributed by atoms with Crippen LogP contribution in [-0.4, -0.2) is 54.6 Å². The van der Waals surface area contributed by atoms with Crippen molar-refractivity contribution < 1.29 is 13.9 Å². The van der Waals surface area contributed by atoms with Gasteiger partial charge in [-0.05, 0) is 57.4 Å². The summed E-state index contributed by atoms with van der Waals surface area (Å²) in [6, 6.07) is 3.30. The number of ether oxygens (including phenoxy) is 1. The molecule has 12 heteroatoms. The average molecular weight is 527 g/mol. The maximum absolute atomic E-state index is 14.0. The number of benzene rings is 1. The molecule has 0 N–H and O–H groups in total. The molecule has 1 fully saturated rings. The van der Waals surface area contributed by atoms with E-state index in [1.165, 1.54) is 52.3 Å². The second-order valence-corrected chi connectivity index (χ2v) is 10.3. The zero-order chi connectivity index (χ0) is 26.4. The standard InChI is InChI=1S/C25H27FN6O4S/c1-14(2)29-12-8-18(21(29)33)31-22(34)20-15(3)23(32-27-9-10-28-32)37-24(20)30(25(31)35)11-7-16-13-17(26)5-6-19(16)36-4/h5-6,9-10,13-14,18H,7-8,11-12H2,1-4H3/t18-/m0/s1. The number of methoxy groups -OCH3 is 1. The first-order valence-electron chi connectivity index (χ1n) is 12.0. The molecule has 1 aromatic carbocycles. The molecule has 10 nitrogen and oxygen atoms in total. The van der Waals surface area contributed by atoms with Gasteiger partial charge in [-0.25, -0.2) is 13.8 Å². The summed E-state index contributed by atoms with van der Waals surface area (Å²) in [5.41, 5.74) is 0.136. The lowest BCUT2D eigenvalue weighted by atomic mass is 10.1. The summed E-state index contributed by atoms with van der Waals surface area (Å²) >= 11 is 1.23. The van der Waals surface area contributed by atoms with Crippen molar-refractivity contribution in [1.82, 2.24) is 29.0 Å². The third-order valence-electron chi connectivity index (χ3n) is 6.81. The number of amides is 1. The fourth-order valence-electron chi connectivity index (χ4n) is 4.95. The van der Waals surface area contributed by atoms with Crippen LogP contribution in [0.5, 0.6) is 5.75 Å². The van der Waals surface area contributed by atoms with Gasteiger partial charge in [-0.1, -0.05) is 11.3 Å². The van der Waals surface area contributed by atoms with Crippen molar-refractivity contribution in [3.8, 4) is 10.8 Å². The summed E-state index contributed by atoms with van der Waals surface area (Å²) in [6.45, 7) is 6.21. The lowest BCUT2D eigenvalue weighted by Crippen LogP contribution is -2.45. The molecule has 3 aromatic heterocycles. The Hall–Kier alpha value is -3.80. The van der Waals surface area contributed by atoms with Gasteiger partial charge in [0.1, 0.15) is 27.4 Å². The number of rotatable bonds is 7. The number of aryl methyl sites for hydroxylation is 3. The van der Waals surface area contributed by atoms with Crippen molar-refractivity contribution in [3.63, 3.8) is 0 Å². The van der Waals surface area contributed by atoms with Crippen molar-refractivity contribution in [2.45, 2.75) is 52.2 Å². The Kier molecular flexibility index (Phi) is 6.44. The number of hydrogen-bond donors (Lipinski definition) is 0. The summed E-state index contributed by atoms with van der Waals surface area (Å²) < 4.78 is 22.0. The molecule has 37 heavy (non-hydrogen) atoms. The van der Waals surface area contributed by atoms with Gasteiger partial charge in [-0.2, -0.15) is 10.2 Å². The van der Waals surface area contributed by atoms with Gasteiger partial charge in [0.05, 0.1) is 24.9 Å². The number of aromatic nitrogens is 5. The molecule has 0 bridgehead atoms. The molecule has 1 aliphatic rings. The number of halogens is 1. The molecule has 1 aliphatic heterocycles. The topological polar surface area (TPSA) is 104 Å². The molecule has 0 spiro atoms. The van der Waals surface area contributed by atoms with Crippen LogP contribution in [0.1, 0.15) is 37.4 Å². The quantitative estimate of drug-likeness (QED) is 0.367. The lowest BCUT2D eigenvalue weighted by Gasteiger charge is -2.21. The Morgan fingerprint density at radius 3 is 2.57 bits per heavy atom. The number of nitrogens with zero attached hydrogens (tertiary/aromatic N) is 6. The van der Waals surface area contributed by atoms with Crippen LogP contribution in [-0.2, 0) is 17.8 Å². The second kappa shape index (κ2) is 9.58. The summed E-state index contributed by atoms with van der Waals surface area (Å²) in [5.74, 6) is -0.155. The van der Waals surface area contributed by atoms with Gasteiger partial charge in [0, 0.05) is 24.7 Å². The normalized spacial score (nSPS) is 15.9. The van der Waals surface area contributed by atoms with E-state index < -0.39 is 23.1 Å².